The maximum atomic E-state index is 6.42. The average molecular weight is 316 g/mol. The largest absolute Gasteiger partial charge is 0.486 e. The van der Waals surface area contributed by atoms with Gasteiger partial charge in [0.1, 0.15) is 11.4 Å². The first kappa shape index (κ1) is 16.7. The van der Waals surface area contributed by atoms with E-state index in [9.17, 15) is 0 Å². The standard InChI is InChI=1S/C21H33NO/c1-15(2)11-16-12-20(3,4)13-17-14-21(5,6)23-19-10-8-7-9-18(19)22(16)17/h7-10,15-17H,11-14H2,1-6H3. The topological polar surface area (TPSA) is 12.5 Å². The zero-order chi connectivity index (χ0) is 16.8. The van der Waals surface area contributed by atoms with Crippen molar-refractivity contribution in [3.63, 3.8) is 0 Å². The summed E-state index contributed by atoms with van der Waals surface area (Å²) in [6.45, 7) is 14.1. The first-order chi connectivity index (χ1) is 10.7. The van der Waals surface area contributed by atoms with Crippen molar-refractivity contribution in [3.8, 4) is 5.75 Å². The van der Waals surface area contributed by atoms with Gasteiger partial charge in [-0.25, -0.2) is 0 Å². The van der Waals surface area contributed by atoms with Gasteiger partial charge in [-0.3, -0.25) is 0 Å². The van der Waals surface area contributed by atoms with Gasteiger partial charge in [-0.2, -0.15) is 0 Å². The Morgan fingerprint density at radius 2 is 1.78 bits per heavy atom. The Hall–Kier alpha value is -1.18. The van der Waals surface area contributed by atoms with E-state index in [4.69, 9.17) is 4.74 Å². The van der Waals surface area contributed by atoms with Crippen LogP contribution >= 0.6 is 0 Å². The van der Waals surface area contributed by atoms with Crippen LogP contribution in [0.25, 0.3) is 0 Å². The number of rotatable bonds is 2. The van der Waals surface area contributed by atoms with Crippen LogP contribution in [0, 0.1) is 11.3 Å². The second-order valence-corrected chi connectivity index (χ2v) is 9.45. The zero-order valence-corrected chi connectivity index (χ0v) is 15.7. The van der Waals surface area contributed by atoms with Gasteiger partial charge >= 0.3 is 0 Å². The average Bonchev–Trinajstić information content (AvgIpc) is 2.47. The lowest BCUT2D eigenvalue weighted by Gasteiger charge is -2.50. The molecule has 1 saturated heterocycles. The van der Waals surface area contributed by atoms with Crippen molar-refractivity contribution in [1.82, 2.24) is 0 Å². The van der Waals surface area contributed by atoms with Crippen LogP contribution in [0.5, 0.6) is 5.75 Å². The summed E-state index contributed by atoms with van der Waals surface area (Å²) in [5, 5.41) is 0. The smallest absolute Gasteiger partial charge is 0.143 e. The summed E-state index contributed by atoms with van der Waals surface area (Å²) in [6, 6.07) is 9.84. The Morgan fingerprint density at radius 1 is 1.09 bits per heavy atom. The van der Waals surface area contributed by atoms with E-state index >= 15 is 0 Å². The van der Waals surface area contributed by atoms with E-state index in [1.807, 2.05) is 0 Å². The number of fused-ring (bicyclic) bond motifs is 3. The summed E-state index contributed by atoms with van der Waals surface area (Å²) >= 11 is 0. The lowest BCUT2D eigenvalue weighted by Crippen LogP contribution is -2.53. The highest BCUT2D eigenvalue weighted by Gasteiger charge is 2.44. The fourth-order valence-electron chi connectivity index (χ4n) is 4.82. The molecule has 2 heteroatoms. The van der Waals surface area contributed by atoms with Crippen molar-refractivity contribution in [3.05, 3.63) is 24.3 Å². The lowest BCUT2D eigenvalue weighted by atomic mass is 9.72. The van der Waals surface area contributed by atoms with Crippen LogP contribution in [0.1, 0.15) is 67.2 Å². The highest BCUT2D eigenvalue weighted by atomic mass is 16.5. The van der Waals surface area contributed by atoms with Crippen molar-refractivity contribution >= 4 is 5.69 Å². The SMILES string of the molecule is CC(C)CC1CC(C)(C)CC2CC(C)(C)Oc3ccccc3N12. The molecule has 128 valence electrons. The van der Waals surface area contributed by atoms with Gasteiger partial charge in [0.2, 0.25) is 0 Å². The van der Waals surface area contributed by atoms with Gasteiger partial charge in [0.25, 0.3) is 0 Å². The van der Waals surface area contributed by atoms with Crippen LogP contribution < -0.4 is 9.64 Å². The van der Waals surface area contributed by atoms with Crippen LogP contribution in [0.15, 0.2) is 24.3 Å². The van der Waals surface area contributed by atoms with Crippen molar-refractivity contribution < 1.29 is 4.74 Å². The minimum absolute atomic E-state index is 0.106. The number of para-hydroxylation sites is 2. The van der Waals surface area contributed by atoms with Crippen molar-refractivity contribution in [1.29, 1.82) is 0 Å². The normalized spacial score (nSPS) is 28.6. The first-order valence-electron chi connectivity index (χ1n) is 9.23. The van der Waals surface area contributed by atoms with E-state index in [1.54, 1.807) is 0 Å². The van der Waals surface area contributed by atoms with Crippen molar-refractivity contribution in [2.75, 3.05) is 4.90 Å². The molecule has 2 atom stereocenters. The Bertz CT molecular complexity index is 561. The maximum Gasteiger partial charge on any atom is 0.143 e. The van der Waals surface area contributed by atoms with E-state index < -0.39 is 0 Å². The molecule has 0 aromatic heterocycles. The third-order valence-electron chi connectivity index (χ3n) is 5.36. The highest BCUT2D eigenvalue weighted by Crippen LogP contribution is 2.48. The van der Waals surface area contributed by atoms with E-state index in [0.717, 1.165) is 18.1 Å². The van der Waals surface area contributed by atoms with Crippen LogP contribution in [0.3, 0.4) is 0 Å². The number of ether oxygens (including phenoxy) is 1. The predicted octanol–water partition coefficient (Wildman–Crippen LogP) is 5.66. The minimum Gasteiger partial charge on any atom is -0.486 e. The second kappa shape index (κ2) is 5.72. The summed E-state index contributed by atoms with van der Waals surface area (Å²) in [5.74, 6) is 1.78. The fraction of sp³-hybridized carbons (Fsp3) is 0.714. The quantitative estimate of drug-likeness (QED) is 0.698. The number of hydrogen-bond acceptors (Lipinski definition) is 2. The Morgan fingerprint density at radius 3 is 2.48 bits per heavy atom. The van der Waals surface area contributed by atoms with Gasteiger partial charge in [-0.15, -0.1) is 0 Å². The first-order valence-corrected chi connectivity index (χ1v) is 9.23. The molecule has 0 saturated carbocycles. The van der Waals surface area contributed by atoms with Crippen LogP contribution in [0.4, 0.5) is 5.69 Å². The molecule has 0 bridgehead atoms. The molecule has 1 aromatic carbocycles. The molecule has 2 heterocycles. The van der Waals surface area contributed by atoms with Gasteiger partial charge in [-0.1, -0.05) is 39.8 Å². The molecule has 2 unspecified atom stereocenters. The monoisotopic (exact) mass is 315 g/mol. The van der Waals surface area contributed by atoms with Gasteiger partial charge in [0.15, 0.2) is 0 Å². The Balaban J connectivity index is 2.06. The van der Waals surface area contributed by atoms with Gasteiger partial charge in [0, 0.05) is 18.5 Å². The van der Waals surface area contributed by atoms with Gasteiger partial charge in [-0.05, 0) is 56.6 Å². The lowest BCUT2D eigenvalue weighted by molar-refractivity contribution is 0.0814. The zero-order valence-electron chi connectivity index (χ0n) is 15.7. The molecule has 23 heavy (non-hydrogen) atoms. The number of benzene rings is 1. The summed E-state index contributed by atoms with van der Waals surface area (Å²) in [5.41, 5.74) is 1.62. The number of nitrogens with zero attached hydrogens (tertiary/aromatic N) is 1. The van der Waals surface area contributed by atoms with Crippen LogP contribution in [-0.4, -0.2) is 17.7 Å². The fourth-order valence-corrected chi connectivity index (χ4v) is 4.82. The third kappa shape index (κ3) is 3.51. The number of hydrogen-bond donors (Lipinski definition) is 0. The van der Waals surface area contributed by atoms with E-state index in [0.29, 0.717) is 17.5 Å². The van der Waals surface area contributed by atoms with Crippen LogP contribution in [-0.2, 0) is 0 Å². The molecule has 2 aliphatic rings. The number of piperidine rings is 1. The third-order valence-corrected chi connectivity index (χ3v) is 5.36. The van der Waals surface area contributed by atoms with Gasteiger partial charge < -0.3 is 9.64 Å². The maximum absolute atomic E-state index is 6.42. The minimum atomic E-state index is -0.106. The van der Waals surface area contributed by atoms with Crippen LogP contribution in [0.2, 0.25) is 0 Å². The van der Waals surface area contributed by atoms with E-state index in [-0.39, 0.29) is 5.60 Å². The molecule has 0 spiro atoms. The molecular weight excluding hydrogens is 282 g/mol. The van der Waals surface area contributed by atoms with Crippen molar-refractivity contribution in [2.45, 2.75) is 84.9 Å². The highest BCUT2D eigenvalue weighted by molar-refractivity contribution is 5.61. The van der Waals surface area contributed by atoms with E-state index in [2.05, 4.69) is 70.7 Å². The molecule has 1 fully saturated rings. The number of anilines is 1. The summed E-state index contributed by atoms with van der Waals surface area (Å²) < 4.78 is 6.42. The molecule has 2 nitrogen and oxygen atoms in total. The summed E-state index contributed by atoms with van der Waals surface area (Å²) in [4.78, 5) is 2.72. The van der Waals surface area contributed by atoms with Crippen molar-refractivity contribution in [2.24, 2.45) is 11.3 Å². The second-order valence-electron chi connectivity index (χ2n) is 9.45. The predicted molar refractivity (Wildman–Crippen MR) is 98.3 cm³/mol. The molecule has 1 aromatic rings. The molecule has 0 amide bonds. The van der Waals surface area contributed by atoms with E-state index in [1.165, 1.54) is 24.9 Å². The summed E-state index contributed by atoms with van der Waals surface area (Å²) in [6.07, 6.45) is 4.88. The molecule has 2 aliphatic heterocycles. The van der Waals surface area contributed by atoms with Gasteiger partial charge in [0.05, 0.1) is 5.69 Å². The summed E-state index contributed by atoms with van der Waals surface area (Å²) in [7, 11) is 0. The molecular formula is C21H33NO. The molecule has 0 radical (unpaired) electrons. The Labute approximate surface area is 142 Å². The molecule has 0 aliphatic carbocycles. The Kier molecular flexibility index (Phi) is 4.14. The molecule has 0 N–H and O–H groups in total. The molecule has 3 rings (SSSR count).